The molecule has 0 fully saturated rings. The van der Waals surface area contributed by atoms with Crippen LogP contribution in [0, 0.1) is 11.3 Å². The van der Waals surface area contributed by atoms with E-state index in [9.17, 15) is 9.90 Å². The van der Waals surface area contributed by atoms with Gasteiger partial charge in [0.2, 0.25) is 0 Å². The molecular weight excluding hydrogens is 236 g/mol. The second-order valence-electron chi connectivity index (χ2n) is 3.66. The molecule has 0 bridgehead atoms. The summed E-state index contributed by atoms with van der Waals surface area (Å²) in [5.74, 6) is -0.721. The van der Waals surface area contributed by atoms with Gasteiger partial charge >= 0.3 is 0 Å². The van der Waals surface area contributed by atoms with Crippen molar-refractivity contribution in [3.63, 3.8) is 0 Å². The first-order chi connectivity index (χ1) is 8.49. The van der Waals surface area contributed by atoms with Gasteiger partial charge < -0.3 is 10.4 Å². The van der Waals surface area contributed by atoms with Gasteiger partial charge in [-0.15, -0.1) is 0 Å². The highest BCUT2D eigenvalue weighted by molar-refractivity contribution is 5.96. The fraction of sp³-hybridized carbons (Fsp3) is 0.300. The molecule has 1 rings (SSSR count). The van der Waals surface area contributed by atoms with Gasteiger partial charge in [-0.2, -0.15) is 5.26 Å². The van der Waals surface area contributed by atoms with E-state index in [0.717, 1.165) is 0 Å². The van der Waals surface area contributed by atoms with Gasteiger partial charge in [0.1, 0.15) is 17.4 Å². The third kappa shape index (κ3) is 3.45. The Labute approximate surface area is 103 Å². The monoisotopic (exact) mass is 246 g/mol. The van der Waals surface area contributed by atoms with Crippen LogP contribution in [0.1, 0.15) is 12.6 Å². The van der Waals surface area contributed by atoms with Crippen molar-refractivity contribution >= 4 is 11.6 Å². The number of hydrogen-bond donors (Lipinski definition) is 2. The van der Waals surface area contributed by atoms with Crippen molar-refractivity contribution in [3.8, 4) is 6.07 Å². The van der Waals surface area contributed by atoms with Gasteiger partial charge in [-0.3, -0.25) is 4.79 Å². The molecule has 18 heavy (non-hydrogen) atoms. The lowest BCUT2D eigenvalue weighted by molar-refractivity contribution is -0.131. The number of nitriles is 1. The largest absolute Gasteiger partial charge is 0.380 e. The molecular formula is C10H10N6O2. The van der Waals surface area contributed by atoms with Crippen LogP contribution in [-0.4, -0.2) is 28.1 Å². The second kappa shape index (κ2) is 5.63. The van der Waals surface area contributed by atoms with Crippen molar-refractivity contribution in [1.82, 2.24) is 4.98 Å². The van der Waals surface area contributed by atoms with E-state index in [-0.39, 0.29) is 12.2 Å². The lowest BCUT2D eigenvalue weighted by Gasteiger charge is -2.19. The fourth-order valence-electron chi connectivity index (χ4n) is 1.04. The molecule has 1 atom stereocenters. The maximum Gasteiger partial charge on any atom is 0.256 e. The van der Waals surface area contributed by atoms with E-state index >= 15 is 0 Å². The van der Waals surface area contributed by atoms with Gasteiger partial charge in [-0.25, -0.2) is 4.98 Å². The summed E-state index contributed by atoms with van der Waals surface area (Å²) in [5.41, 5.74) is 6.88. The van der Waals surface area contributed by atoms with E-state index < -0.39 is 11.5 Å². The van der Waals surface area contributed by atoms with Crippen LogP contribution in [0.25, 0.3) is 10.4 Å². The molecule has 0 unspecified atom stereocenters. The van der Waals surface area contributed by atoms with E-state index in [0.29, 0.717) is 5.69 Å². The number of carbonyl (C=O) groups excluding carboxylic acids is 1. The number of hydrogen-bond acceptors (Lipinski definition) is 5. The van der Waals surface area contributed by atoms with E-state index in [1.807, 2.05) is 6.07 Å². The average molecular weight is 246 g/mol. The Hall–Kier alpha value is -2.62. The zero-order valence-corrected chi connectivity index (χ0v) is 9.53. The number of amides is 1. The SMILES string of the molecule is C[C@](O)(CN=[N+]=[N-])C(=O)Nc1ccc(C#N)nc1. The molecule has 0 spiro atoms. The van der Waals surface area contributed by atoms with E-state index in [2.05, 4.69) is 20.3 Å². The molecule has 1 aromatic heterocycles. The van der Waals surface area contributed by atoms with E-state index in [4.69, 9.17) is 10.8 Å². The van der Waals surface area contributed by atoms with Crippen molar-refractivity contribution in [2.45, 2.75) is 12.5 Å². The molecule has 0 saturated carbocycles. The van der Waals surface area contributed by atoms with Crippen LogP contribution >= 0.6 is 0 Å². The summed E-state index contributed by atoms with van der Waals surface area (Å²) in [4.78, 5) is 17.9. The molecule has 8 nitrogen and oxygen atoms in total. The molecule has 0 aliphatic rings. The minimum absolute atomic E-state index is 0.217. The van der Waals surface area contributed by atoms with Gasteiger partial charge in [0.15, 0.2) is 0 Å². The van der Waals surface area contributed by atoms with Gasteiger partial charge in [-0.05, 0) is 24.6 Å². The zero-order valence-electron chi connectivity index (χ0n) is 9.53. The van der Waals surface area contributed by atoms with Crippen molar-refractivity contribution in [1.29, 1.82) is 5.26 Å². The number of nitrogens with one attached hydrogen (secondary N) is 1. The summed E-state index contributed by atoms with van der Waals surface area (Å²) < 4.78 is 0. The van der Waals surface area contributed by atoms with Crippen molar-refractivity contribution in [2.75, 3.05) is 11.9 Å². The number of pyridine rings is 1. The Bertz CT molecular complexity index is 524. The van der Waals surface area contributed by atoms with Crippen LogP contribution in [0.4, 0.5) is 5.69 Å². The predicted octanol–water partition coefficient (Wildman–Crippen LogP) is 0.953. The predicted molar refractivity (Wildman–Crippen MR) is 62.2 cm³/mol. The van der Waals surface area contributed by atoms with Crippen LogP contribution < -0.4 is 5.32 Å². The van der Waals surface area contributed by atoms with Crippen LogP contribution in [-0.2, 0) is 4.79 Å². The van der Waals surface area contributed by atoms with Gasteiger partial charge in [-0.1, -0.05) is 5.11 Å². The molecule has 0 aliphatic carbocycles. The number of aromatic nitrogens is 1. The molecule has 1 amide bonds. The molecule has 92 valence electrons. The van der Waals surface area contributed by atoms with Gasteiger partial charge in [0.05, 0.1) is 18.4 Å². The van der Waals surface area contributed by atoms with Crippen LogP contribution in [0.2, 0.25) is 0 Å². The normalized spacial score (nSPS) is 12.7. The quantitative estimate of drug-likeness (QED) is 0.464. The lowest BCUT2D eigenvalue weighted by atomic mass is 10.1. The number of nitrogens with zero attached hydrogens (tertiary/aromatic N) is 5. The Morgan fingerprint density at radius 3 is 3.00 bits per heavy atom. The maximum atomic E-state index is 11.7. The van der Waals surface area contributed by atoms with Crippen molar-refractivity contribution in [3.05, 3.63) is 34.5 Å². The fourth-order valence-corrected chi connectivity index (χ4v) is 1.04. The summed E-state index contributed by atoms with van der Waals surface area (Å²) >= 11 is 0. The number of azide groups is 1. The van der Waals surface area contributed by atoms with E-state index in [1.54, 1.807) is 0 Å². The molecule has 0 aliphatic heterocycles. The average Bonchev–Trinajstić information content (AvgIpc) is 2.37. The highest BCUT2D eigenvalue weighted by Crippen LogP contribution is 2.11. The summed E-state index contributed by atoms with van der Waals surface area (Å²) in [6, 6.07) is 4.74. The third-order valence-electron chi connectivity index (χ3n) is 2.07. The van der Waals surface area contributed by atoms with Crippen LogP contribution in [0.15, 0.2) is 23.4 Å². The summed E-state index contributed by atoms with van der Waals surface area (Å²) in [6.07, 6.45) is 1.29. The third-order valence-corrected chi connectivity index (χ3v) is 2.07. The first-order valence-corrected chi connectivity index (χ1v) is 4.90. The molecule has 1 aromatic rings. The first kappa shape index (κ1) is 13.4. The van der Waals surface area contributed by atoms with Gasteiger partial charge in [0, 0.05) is 4.91 Å². The van der Waals surface area contributed by atoms with E-state index in [1.165, 1.54) is 25.3 Å². The molecule has 0 radical (unpaired) electrons. The van der Waals surface area contributed by atoms with Crippen LogP contribution in [0.3, 0.4) is 0 Å². The highest BCUT2D eigenvalue weighted by atomic mass is 16.3. The Morgan fingerprint density at radius 1 is 1.78 bits per heavy atom. The Balaban J connectivity index is 2.74. The first-order valence-electron chi connectivity index (χ1n) is 4.90. The van der Waals surface area contributed by atoms with Crippen LogP contribution in [0.5, 0.6) is 0 Å². The lowest BCUT2D eigenvalue weighted by Crippen LogP contribution is -2.42. The molecule has 2 N–H and O–H groups in total. The standard InChI is InChI=1S/C10H10N6O2/c1-10(18,6-14-16-12)9(17)15-8-3-2-7(4-11)13-5-8/h2-3,5,18H,6H2,1H3,(H,15,17)/t10-/m0/s1. The summed E-state index contributed by atoms with van der Waals surface area (Å²) in [6.45, 7) is 0.854. The number of anilines is 1. The molecule has 1 heterocycles. The van der Waals surface area contributed by atoms with Gasteiger partial charge in [0.25, 0.3) is 5.91 Å². The number of aliphatic hydroxyl groups is 1. The summed E-state index contributed by atoms with van der Waals surface area (Å²) in [5, 5.41) is 23.8. The topological polar surface area (TPSA) is 135 Å². The number of carbonyl (C=O) groups is 1. The Kier molecular flexibility index (Phi) is 4.21. The molecule has 0 saturated heterocycles. The minimum Gasteiger partial charge on any atom is -0.380 e. The summed E-state index contributed by atoms with van der Waals surface area (Å²) in [7, 11) is 0. The molecule has 8 heteroatoms. The number of rotatable bonds is 4. The minimum atomic E-state index is -1.81. The van der Waals surface area contributed by atoms with Crippen molar-refractivity contribution in [2.24, 2.45) is 5.11 Å². The second-order valence-corrected chi connectivity index (χ2v) is 3.66. The highest BCUT2D eigenvalue weighted by Gasteiger charge is 2.29. The maximum absolute atomic E-state index is 11.7. The Morgan fingerprint density at radius 2 is 2.50 bits per heavy atom. The smallest absolute Gasteiger partial charge is 0.256 e. The molecule has 0 aromatic carbocycles. The zero-order chi connectivity index (χ0) is 13.6. The van der Waals surface area contributed by atoms with Crippen molar-refractivity contribution < 1.29 is 9.90 Å².